The molecular formula is C24H28N6O. The Balaban J connectivity index is 1.19. The minimum absolute atomic E-state index is 0.128. The van der Waals surface area contributed by atoms with Gasteiger partial charge in [0.25, 0.3) is 5.91 Å². The number of amides is 1. The van der Waals surface area contributed by atoms with Gasteiger partial charge in [-0.3, -0.25) is 9.89 Å². The minimum Gasteiger partial charge on any atom is -0.346 e. The summed E-state index contributed by atoms with van der Waals surface area (Å²) in [6, 6.07) is 9.73. The van der Waals surface area contributed by atoms with Crippen LogP contribution in [0.15, 0.2) is 48.9 Å². The second-order valence-electron chi connectivity index (χ2n) is 8.49. The molecule has 3 heterocycles. The molecule has 7 heteroatoms. The zero-order chi connectivity index (χ0) is 21.0. The van der Waals surface area contributed by atoms with Gasteiger partial charge in [0.15, 0.2) is 0 Å². The van der Waals surface area contributed by atoms with Crippen molar-refractivity contribution in [2.75, 3.05) is 6.54 Å². The van der Waals surface area contributed by atoms with E-state index >= 15 is 0 Å². The molecule has 160 valence electrons. The number of rotatable bonds is 7. The Labute approximate surface area is 181 Å². The number of hydrogen-bond donors (Lipinski definition) is 3. The molecule has 5 rings (SSSR count). The van der Waals surface area contributed by atoms with E-state index in [0.717, 1.165) is 41.3 Å². The first-order valence-corrected chi connectivity index (χ1v) is 11.1. The number of fused-ring (bicyclic) bond motifs is 2. The fraction of sp³-hybridized carbons (Fsp3) is 0.375. The van der Waals surface area contributed by atoms with E-state index in [9.17, 15) is 4.79 Å². The monoisotopic (exact) mass is 416 g/mol. The van der Waals surface area contributed by atoms with Crippen LogP contribution in [0.25, 0.3) is 16.6 Å². The van der Waals surface area contributed by atoms with Crippen molar-refractivity contribution >= 4 is 22.5 Å². The highest BCUT2D eigenvalue weighted by atomic mass is 16.1. The fourth-order valence-electron chi connectivity index (χ4n) is 4.52. The molecule has 0 saturated heterocycles. The van der Waals surface area contributed by atoms with Crippen LogP contribution in [0.4, 0.5) is 0 Å². The third kappa shape index (κ3) is 4.46. The van der Waals surface area contributed by atoms with Crippen molar-refractivity contribution in [2.24, 2.45) is 5.92 Å². The number of carbonyl (C=O) groups is 1. The Morgan fingerprint density at radius 2 is 2.00 bits per heavy atom. The van der Waals surface area contributed by atoms with Crippen LogP contribution < -0.4 is 10.6 Å². The average molecular weight is 417 g/mol. The number of pyridine rings is 1. The molecule has 0 atom stereocenters. The molecule has 0 aliphatic heterocycles. The predicted octanol–water partition coefficient (Wildman–Crippen LogP) is 3.81. The smallest absolute Gasteiger partial charge is 0.252 e. The summed E-state index contributed by atoms with van der Waals surface area (Å²) in [4.78, 5) is 17.3. The van der Waals surface area contributed by atoms with Crippen LogP contribution >= 0.6 is 0 Å². The van der Waals surface area contributed by atoms with Gasteiger partial charge in [-0.05, 0) is 49.1 Å². The van der Waals surface area contributed by atoms with E-state index in [4.69, 9.17) is 0 Å². The summed E-state index contributed by atoms with van der Waals surface area (Å²) in [6.07, 6.45) is 12.7. The van der Waals surface area contributed by atoms with Gasteiger partial charge in [0.2, 0.25) is 0 Å². The van der Waals surface area contributed by atoms with E-state index in [1.165, 1.54) is 37.7 Å². The largest absolute Gasteiger partial charge is 0.346 e. The van der Waals surface area contributed by atoms with Crippen molar-refractivity contribution in [3.05, 3.63) is 65.7 Å². The summed E-state index contributed by atoms with van der Waals surface area (Å²) in [7, 11) is 0. The number of nitrogens with one attached hydrogen (secondary N) is 3. The fourth-order valence-corrected chi connectivity index (χ4v) is 4.52. The highest BCUT2D eigenvalue weighted by Crippen LogP contribution is 2.23. The second-order valence-corrected chi connectivity index (χ2v) is 8.49. The Kier molecular flexibility index (Phi) is 5.67. The molecule has 0 spiro atoms. The van der Waals surface area contributed by atoms with Crippen molar-refractivity contribution in [3.63, 3.8) is 0 Å². The predicted molar refractivity (Wildman–Crippen MR) is 121 cm³/mol. The molecule has 0 radical (unpaired) electrons. The molecule has 1 fully saturated rings. The Morgan fingerprint density at radius 1 is 1.10 bits per heavy atom. The van der Waals surface area contributed by atoms with Gasteiger partial charge in [-0.1, -0.05) is 31.4 Å². The van der Waals surface area contributed by atoms with Crippen molar-refractivity contribution in [2.45, 2.75) is 45.2 Å². The summed E-state index contributed by atoms with van der Waals surface area (Å²) >= 11 is 0. The van der Waals surface area contributed by atoms with Crippen molar-refractivity contribution in [1.29, 1.82) is 0 Å². The highest BCUT2D eigenvalue weighted by Gasteiger charge is 2.13. The van der Waals surface area contributed by atoms with Crippen molar-refractivity contribution in [1.82, 2.24) is 30.2 Å². The van der Waals surface area contributed by atoms with Crippen LogP contribution in [0.2, 0.25) is 0 Å². The zero-order valence-electron chi connectivity index (χ0n) is 17.6. The molecule has 1 aromatic carbocycles. The van der Waals surface area contributed by atoms with E-state index in [1.54, 1.807) is 6.20 Å². The number of carbonyl (C=O) groups excluding carboxylic acids is 1. The third-order valence-electron chi connectivity index (χ3n) is 6.21. The SMILES string of the molecule is O=C(NCc1cn2cc(CNCC3CCCCC3)ccc2n1)c1cccc2[nH]ncc12. The van der Waals surface area contributed by atoms with E-state index in [2.05, 4.69) is 38.1 Å². The first kappa shape index (κ1) is 19.8. The molecule has 0 unspecified atom stereocenters. The van der Waals surface area contributed by atoms with Gasteiger partial charge in [-0.2, -0.15) is 5.10 Å². The molecule has 4 aromatic rings. The number of imidazole rings is 1. The first-order chi connectivity index (χ1) is 15.3. The summed E-state index contributed by atoms with van der Waals surface area (Å²) < 4.78 is 2.04. The number of hydrogen-bond acceptors (Lipinski definition) is 4. The normalized spacial score (nSPS) is 15.0. The maximum Gasteiger partial charge on any atom is 0.252 e. The zero-order valence-corrected chi connectivity index (χ0v) is 17.6. The van der Waals surface area contributed by atoms with E-state index < -0.39 is 0 Å². The number of benzene rings is 1. The molecule has 3 N–H and O–H groups in total. The lowest BCUT2D eigenvalue weighted by atomic mass is 9.89. The summed E-state index contributed by atoms with van der Waals surface area (Å²) in [5.74, 6) is 0.700. The van der Waals surface area contributed by atoms with Gasteiger partial charge >= 0.3 is 0 Å². The summed E-state index contributed by atoms with van der Waals surface area (Å²) in [5.41, 5.74) is 4.42. The van der Waals surface area contributed by atoms with Crippen LogP contribution in [0.3, 0.4) is 0 Å². The quantitative estimate of drug-likeness (QED) is 0.428. The third-order valence-corrected chi connectivity index (χ3v) is 6.21. The van der Waals surface area contributed by atoms with Crippen LogP contribution in [-0.4, -0.2) is 32.0 Å². The Bertz CT molecular complexity index is 1190. The Morgan fingerprint density at radius 3 is 2.90 bits per heavy atom. The second kappa shape index (κ2) is 8.89. The van der Waals surface area contributed by atoms with Gasteiger partial charge in [-0.15, -0.1) is 0 Å². The van der Waals surface area contributed by atoms with Crippen LogP contribution in [-0.2, 0) is 13.1 Å². The average Bonchev–Trinajstić information content (AvgIpc) is 3.44. The number of aromatic amines is 1. The number of nitrogens with zero attached hydrogens (tertiary/aromatic N) is 3. The van der Waals surface area contributed by atoms with E-state index in [1.807, 2.05) is 34.9 Å². The molecule has 0 bridgehead atoms. The lowest BCUT2D eigenvalue weighted by Gasteiger charge is -2.21. The van der Waals surface area contributed by atoms with E-state index in [0.29, 0.717) is 12.1 Å². The molecule has 1 aliphatic rings. The number of H-pyrrole nitrogens is 1. The van der Waals surface area contributed by atoms with Gasteiger partial charge in [0.1, 0.15) is 5.65 Å². The highest BCUT2D eigenvalue weighted by molar-refractivity contribution is 6.05. The molecule has 1 aliphatic carbocycles. The lowest BCUT2D eigenvalue weighted by Crippen LogP contribution is -2.24. The molecule has 31 heavy (non-hydrogen) atoms. The van der Waals surface area contributed by atoms with Gasteiger partial charge in [-0.25, -0.2) is 4.98 Å². The molecular weight excluding hydrogens is 388 g/mol. The van der Waals surface area contributed by atoms with Gasteiger partial charge in [0, 0.05) is 24.3 Å². The van der Waals surface area contributed by atoms with Gasteiger partial charge in [0.05, 0.1) is 29.5 Å². The van der Waals surface area contributed by atoms with E-state index in [-0.39, 0.29) is 5.91 Å². The van der Waals surface area contributed by atoms with Crippen LogP contribution in [0.5, 0.6) is 0 Å². The standard InChI is InChI=1S/C24H28N6O/c31-24(20-7-4-8-22-21(20)14-27-29-22)26-13-19-16-30-15-18(9-10-23(30)28-19)12-25-11-17-5-2-1-3-6-17/h4,7-10,14-17,25H,1-3,5-6,11-13H2,(H,26,31)(H,27,29). The molecule has 1 amide bonds. The van der Waals surface area contributed by atoms with Crippen molar-refractivity contribution in [3.8, 4) is 0 Å². The Hall–Kier alpha value is -3.19. The maximum absolute atomic E-state index is 12.7. The number of aromatic nitrogens is 4. The molecule has 3 aromatic heterocycles. The summed E-state index contributed by atoms with van der Waals surface area (Å²) in [5, 5.41) is 14.3. The topological polar surface area (TPSA) is 87.1 Å². The van der Waals surface area contributed by atoms with Crippen LogP contribution in [0, 0.1) is 5.92 Å². The van der Waals surface area contributed by atoms with Gasteiger partial charge < -0.3 is 15.0 Å². The maximum atomic E-state index is 12.7. The lowest BCUT2D eigenvalue weighted by molar-refractivity contribution is 0.0952. The van der Waals surface area contributed by atoms with Crippen molar-refractivity contribution < 1.29 is 4.79 Å². The molecule has 1 saturated carbocycles. The van der Waals surface area contributed by atoms with Crippen LogP contribution in [0.1, 0.15) is 53.7 Å². The first-order valence-electron chi connectivity index (χ1n) is 11.1. The summed E-state index contributed by atoms with van der Waals surface area (Å²) in [6.45, 7) is 2.35. The molecule has 7 nitrogen and oxygen atoms in total. The minimum atomic E-state index is -0.128.